The van der Waals surface area contributed by atoms with Crippen LogP contribution in [0.1, 0.15) is 40.4 Å². The van der Waals surface area contributed by atoms with E-state index >= 15 is 0 Å². The van der Waals surface area contributed by atoms with Gasteiger partial charge in [0.1, 0.15) is 0 Å². The average molecular weight is 261 g/mol. The zero-order chi connectivity index (χ0) is 14.0. The fourth-order valence-electron chi connectivity index (χ4n) is 1.52. The topological polar surface area (TPSA) is 61.0 Å². The molecule has 0 atom stereocenters. The van der Waals surface area contributed by atoms with E-state index < -0.39 is 0 Å². The van der Waals surface area contributed by atoms with Gasteiger partial charge in [0.05, 0.1) is 6.10 Å². The maximum atomic E-state index is 5.70. The van der Waals surface area contributed by atoms with E-state index in [0.29, 0.717) is 23.2 Å². The summed E-state index contributed by atoms with van der Waals surface area (Å²) < 4.78 is 11.0. The highest BCUT2D eigenvalue weighted by atomic mass is 16.5. The predicted octanol–water partition coefficient (Wildman–Crippen LogP) is 3.22. The summed E-state index contributed by atoms with van der Waals surface area (Å²) in [5.74, 6) is 1.70. The number of nitrogens with zero attached hydrogens (tertiary/aromatic N) is 3. The second-order valence-corrected chi connectivity index (χ2v) is 5.69. The Bertz CT molecular complexity index is 556. The van der Waals surface area contributed by atoms with Crippen molar-refractivity contribution in [1.29, 1.82) is 0 Å². The van der Waals surface area contributed by atoms with Gasteiger partial charge in [0.2, 0.25) is 0 Å². The lowest BCUT2D eigenvalue weighted by Gasteiger charge is -2.12. The molecule has 102 valence electrons. The molecule has 5 heteroatoms. The minimum absolute atomic E-state index is 0.0629. The highest BCUT2D eigenvalue weighted by Gasteiger charge is 2.23. The minimum atomic E-state index is -0.157. The molecule has 0 N–H and O–H groups in total. The molecule has 0 aliphatic carbocycles. The zero-order valence-corrected chi connectivity index (χ0v) is 12.0. The Labute approximate surface area is 113 Å². The van der Waals surface area contributed by atoms with Gasteiger partial charge >= 0.3 is 0 Å². The van der Waals surface area contributed by atoms with E-state index in [1.807, 2.05) is 46.8 Å². The van der Waals surface area contributed by atoms with Gasteiger partial charge in [-0.3, -0.25) is 0 Å². The van der Waals surface area contributed by atoms with Crippen LogP contribution in [-0.2, 0) is 5.41 Å². The number of hydrogen-bond acceptors (Lipinski definition) is 5. The molecular formula is C14H19N3O2. The van der Waals surface area contributed by atoms with Crippen LogP contribution in [0.4, 0.5) is 0 Å². The fraction of sp³-hybridized carbons (Fsp3) is 0.500. The maximum absolute atomic E-state index is 5.70. The van der Waals surface area contributed by atoms with Crippen LogP contribution in [0.2, 0.25) is 0 Å². The van der Waals surface area contributed by atoms with Crippen LogP contribution in [0.15, 0.2) is 22.9 Å². The molecule has 0 radical (unpaired) electrons. The summed E-state index contributed by atoms with van der Waals surface area (Å²) in [6.45, 7) is 10.0. The Morgan fingerprint density at radius 1 is 1.26 bits per heavy atom. The van der Waals surface area contributed by atoms with Crippen molar-refractivity contribution in [3.05, 3.63) is 24.2 Å². The predicted molar refractivity (Wildman–Crippen MR) is 72.0 cm³/mol. The van der Waals surface area contributed by atoms with Crippen molar-refractivity contribution in [3.8, 4) is 17.3 Å². The zero-order valence-electron chi connectivity index (χ0n) is 12.0. The van der Waals surface area contributed by atoms with E-state index in [-0.39, 0.29) is 11.5 Å². The van der Waals surface area contributed by atoms with Crippen molar-refractivity contribution >= 4 is 0 Å². The largest absolute Gasteiger partial charge is 0.489 e. The lowest BCUT2D eigenvalue weighted by molar-refractivity contribution is 0.242. The third-order valence-electron chi connectivity index (χ3n) is 2.43. The van der Waals surface area contributed by atoms with Gasteiger partial charge in [0.25, 0.3) is 5.89 Å². The Hall–Kier alpha value is -1.91. The number of hydrogen-bond donors (Lipinski definition) is 0. The molecule has 2 rings (SSSR count). The SMILES string of the molecule is CC(C)Oc1cccnc1-c1nc(C(C)(C)C)no1. The van der Waals surface area contributed by atoms with Crippen LogP contribution in [0, 0.1) is 0 Å². The van der Waals surface area contributed by atoms with Gasteiger partial charge in [-0.2, -0.15) is 4.98 Å². The van der Waals surface area contributed by atoms with Crippen molar-refractivity contribution in [3.63, 3.8) is 0 Å². The van der Waals surface area contributed by atoms with E-state index in [1.165, 1.54) is 0 Å². The molecule has 0 aliphatic heterocycles. The number of rotatable bonds is 3. The van der Waals surface area contributed by atoms with Crippen LogP contribution in [0.5, 0.6) is 5.75 Å². The minimum Gasteiger partial charge on any atom is -0.489 e. The van der Waals surface area contributed by atoms with Gasteiger partial charge in [0, 0.05) is 11.6 Å². The summed E-state index contributed by atoms with van der Waals surface area (Å²) in [6, 6.07) is 3.67. The van der Waals surface area contributed by atoms with Crippen LogP contribution in [-0.4, -0.2) is 21.2 Å². The lowest BCUT2D eigenvalue weighted by Crippen LogP contribution is -2.13. The summed E-state index contributed by atoms with van der Waals surface area (Å²) in [5, 5.41) is 4.00. The van der Waals surface area contributed by atoms with Crippen LogP contribution in [0.3, 0.4) is 0 Å². The van der Waals surface area contributed by atoms with Gasteiger partial charge in [-0.25, -0.2) is 4.98 Å². The molecule has 0 spiro atoms. The van der Waals surface area contributed by atoms with E-state index in [2.05, 4.69) is 15.1 Å². The third-order valence-corrected chi connectivity index (χ3v) is 2.43. The Kier molecular flexibility index (Phi) is 3.55. The molecule has 0 amide bonds. The van der Waals surface area contributed by atoms with E-state index in [1.54, 1.807) is 6.20 Å². The second-order valence-electron chi connectivity index (χ2n) is 5.69. The van der Waals surface area contributed by atoms with Crippen molar-refractivity contribution in [2.24, 2.45) is 0 Å². The maximum Gasteiger partial charge on any atom is 0.280 e. The molecule has 0 saturated carbocycles. The van der Waals surface area contributed by atoms with Crippen LogP contribution >= 0.6 is 0 Å². The normalized spacial score (nSPS) is 11.9. The Morgan fingerprint density at radius 3 is 2.58 bits per heavy atom. The summed E-state index contributed by atoms with van der Waals surface area (Å²) in [4.78, 5) is 8.68. The molecule has 2 heterocycles. The molecular weight excluding hydrogens is 242 g/mol. The molecule has 0 fully saturated rings. The molecule has 0 aromatic carbocycles. The molecule has 5 nitrogen and oxygen atoms in total. The van der Waals surface area contributed by atoms with Crippen molar-refractivity contribution < 1.29 is 9.26 Å². The van der Waals surface area contributed by atoms with Gasteiger partial charge in [-0.15, -0.1) is 0 Å². The first-order valence-electron chi connectivity index (χ1n) is 6.34. The van der Waals surface area contributed by atoms with Crippen molar-refractivity contribution in [2.75, 3.05) is 0 Å². The Morgan fingerprint density at radius 2 is 2.00 bits per heavy atom. The quantitative estimate of drug-likeness (QED) is 0.849. The van der Waals surface area contributed by atoms with Crippen LogP contribution < -0.4 is 4.74 Å². The summed E-state index contributed by atoms with van der Waals surface area (Å²) in [7, 11) is 0. The summed E-state index contributed by atoms with van der Waals surface area (Å²) >= 11 is 0. The molecule has 2 aromatic rings. The second kappa shape index (κ2) is 4.99. The third kappa shape index (κ3) is 3.10. The molecule has 0 saturated heterocycles. The number of ether oxygens (including phenoxy) is 1. The first-order valence-corrected chi connectivity index (χ1v) is 6.34. The highest BCUT2D eigenvalue weighted by molar-refractivity contribution is 5.56. The van der Waals surface area contributed by atoms with E-state index in [9.17, 15) is 0 Å². The van der Waals surface area contributed by atoms with Crippen molar-refractivity contribution in [1.82, 2.24) is 15.1 Å². The van der Waals surface area contributed by atoms with Gasteiger partial charge in [0.15, 0.2) is 17.3 Å². The van der Waals surface area contributed by atoms with E-state index in [4.69, 9.17) is 9.26 Å². The lowest BCUT2D eigenvalue weighted by atomic mass is 9.96. The smallest absolute Gasteiger partial charge is 0.280 e. The Balaban J connectivity index is 2.39. The molecule has 19 heavy (non-hydrogen) atoms. The fourth-order valence-corrected chi connectivity index (χ4v) is 1.52. The van der Waals surface area contributed by atoms with E-state index in [0.717, 1.165) is 0 Å². The first kappa shape index (κ1) is 13.5. The molecule has 0 aliphatic rings. The highest BCUT2D eigenvalue weighted by Crippen LogP contribution is 2.29. The van der Waals surface area contributed by atoms with Gasteiger partial charge in [-0.1, -0.05) is 25.9 Å². The monoisotopic (exact) mass is 261 g/mol. The molecule has 2 aromatic heterocycles. The number of aromatic nitrogens is 3. The average Bonchev–Trinajstić information content (AvgIpc) is 2.77. The van der Waals surface area contributed by atoms with Gasteiger partial charge in [-0.05, 0) is 26.0 Å². The first-order chi connectivity index (χ1) is 8.88. The number of pyridine rings is 1. The molecule has 0 bridgehead atoms. The van der Waals surface area contributed by atoms with Crippen LogP contribution in [0.25, 0.3) is 11.6 Å². The standard InChI is InChI=1S/C14H19N3O2/c1-9(2)18-10-7-6-8-15-11(10)12-16-13(17-19-12)14(3,4)5/h6-9H,1-5H3. The summed E-state index contributed by atoms with van der Waals surface area (Å²) in [5.41, 5.74) is 0.425. The van der Waals surface area contributed by atoms with Gasteiger partial charge < -0.3 is 9.26 Å². The van der Waals surface area contributed by atoms with Crippen molar-refractivity contribution in [2.45, 2.75) is 46.1 Å². The summed E-state index contributed by atoms with van der Waals surface area (Å²) in [6.07, 6.45) is 1.75. The molecule has 0 unspecified atom stereocenters.